The minimum absolute atomic E-state index is 0.0647. The Morgan fingerprint density at radius 1 is 0.438 bits per heavy atom. The van der Waals surface area contributed by atoms with Gasteiger partial charge in [-0.15, -0.1) is 0 Å². The van der Waals surface area contributed by atoms with E-state index in [1.807, 2.05) is 52.0 Å². The number of hydrogen-bond donors (Lipinski definition) is 27. The number of rotatable bonds is 61. The molecule has 0 bridgehead atoms. The fourth-order valence-electron chi connectivity index (χ4n) is 17.1. The van der Waals surface area contributed by atoms with Gasteiger partial charge >= 0.3 is 0 Å². The van der Waals surface area contributed by atoms with Crippen molar-refractivity contribution in [3.8, 4) is 0 Å². The van der Waals surface area contributed by atoms with Crippen molar-refractivity contribution in [2.45, 2.75) is 315 Å². The van der Waals surface area contributed by atoms with Crippen LogP contribution in [0.25, 0.3) is 10.9 Å². The molecule has 2 aliphatic heterocycles. The van der Waals surface area contributed by atoms with Crippen LogP contribution >= 0.6 is 0 Å². The van der Waals surface area contributed by atoms with E-state index in [9.17, 15) is 101 Å². The van der Waals surface area contributed by atoms with E-state index in [-0.39, 0.29) is 152 Å². The zero-order valence-electron chi connectivity index (χ0n) is 85.2. The number of aromatic nitrogens is 1. The second kappa shape index (κ2) is 60.9. The number of benzene rings is 1. The van der Waals surface area contributed by atoms with Crippen LogP contribution in [0.4, 0.5) is 0 Å². The number of aromatic amines is 1. The molecule has 0 spiro atoms. The van der Waals surface area contributed by atoms with E-state index in [4.69, 9.17) is 39.5 Å². The molecule has 2 aromatic rings. The molecule has 20 amide bonds. The number of nitrogens with one attached hydrogen (secondary N) is 21. The van der Waals surface area contributed by atoms with Crippen molar-refractivity contribution in [3.05, 3.63) is 36.0 Å². The summed E-state index contributed by atoms with van der Waals surface area (Å²) < 4.78 is 0. The zero-order chi connectivity index (χ0) is 107. The number of guanidine groups is 2. The Bertz CT molecular complexity index is 4750. The number of H-pyrrole nitrogens is 1. The van der Waals surface area contributed by atoms with Gasteiger partial charge in [0.2, 0.25) is 118 Å². The number of hydrogen-bond acceptors (Lipinski definition) is 24. The third-order valence-electron chi connectivity index (χ3n) is 25.2. The summed E-state index contributed by atoms with van der Waals surface area (Å²) in [4.78, 5) is 279. The summed E-state index contributed by atoms with van der Waals surface area (Å²) in [7, 11) is 0. The van der Waals surface area contributed by atoms with Crippen LogP contribution in [0.5, 0.6) is 0 Å². The van der Waals surface area contributed by atoms with Crippen LogP contribution in [0, 0.1) is 52.2 Å². The summed E-state index contributed by atoms with van der Waals surface area (Å²) in [5.74, 6) is -17.9. The number of amides is 20. The number of aliphatic hydroxyl groups is 1. The maximum Gasteiger partial charge on any atom is 0.245 e. The second-order valence-corrected chi connectivity index (χ2v) is 39.3. The van der Waals surface area contributed by atoms with Gasteiger partial charge in [0.15, 0.2) is 11.9 Å². The lowest BCUT2D eigenvalue weighted by atomic mass is 9.85. The molecule has 49 heteroatoms. The summed E-state index contributed by atoms with van der Waals surface area (Å²) >= 11 is 0. The molecule has 1 aliphatic carbocycles. The number of nitrogens with zero attached hydrogens (tertiary/aromatic N) is 2. The smallest absolute Gasteiger partial charge is 0.245 e. The molecule has 5 rings (SSSR count). The maximum atomic E-state index is 14.5. The van der Waals surface area contributed by atoms with E-state index < -0.39 is 265 Å². The average Bonchev–Trinajstić information content (AvgIpc) is 1.68. The van der Waals surface area contributed by atoms with Gasteiger partial charge in [0.05, 0.1) is 25.7 Å². The van der Waals surface area contributed by atoms with Crippen LogP contribution < -0.4 is 124 Å². The molecule has 1 aromatic heterocycles. The first-order valence-corrected chi connectivity index (χ1v) is 49.9. The summed E-state index contributed by atoms with van der Waals surface area (Å²) in [6, 6.07) is -10.2. The molecular formula is C95H158N28O21. The highest BCUT2D eigenvalue weighted by Crippen LogP contribution is 2.28. The lowest BCUT2D eigenvalue weighted by molar-refractivity contribution is -0.142. The highest BCUT2D eigenvalue weighted by Gasteiger charge is 2.43. The minimum Gasteiger partial charge on any atom is -0.394 e. The van der Waals surface area contributed by atoms with Gasteiger partial charge in [0.1, 0.15) is 78.5 Å². The standard InChI is InChI=1S/C95H158N28O21/c1-14-54(12)78(90(141)104-37-33-72(126)103-38-34-75(129)122-39-19-25-69(122)88(139)114-64(79(98)130)44-57-45-107-61-23-16-15-21-59(57)61)119-74(128)47-109-83(134)68(48-124)118-92(143)77(53(10)11)120-87(138)67(43-51(6)7)117-85(136)63(31-32-71(97)125)113-84(135)62(24-18-36-106-95(101)102)112-80(131)56-27-29-58(30-28-56)111-91(142)76(52(8)9)121-89(140)70-26-20-40-123(70)93(144)55(13)110-73(127)46-108-82(133)65(41-49(2)3)116-86(137)66(42-50(4)5)115-81(132)60(96)22-17-35-105-94(99)100/h15-16,21,23,45,49-56,58,60,62-70,76-78,107,124H,14,17-20,22,24-44,46-48,96H2,1-13H3,(H2,97,125)(H2,98,130)(H,103,126)(H,104,141)(H,108,133)(H,109,134)(H,110,127)(H,111,142)(H,112,131)(H,113,135)(H,114,139)(H,115,132)(H,116,137)(H,117,136)(H,118,143)(H,119,128)(H,120,138)(H,121,140)(H4,99,100,105)(H4,101,102,106)/t54-,55-,56?,58?,60-,62-,63-,64-,65-,66-,67-,68-,69-,70-,76-,77-,78-/m0/s1. The van der Waals surface area contributed by atoms with E-state index in [1.165, 1.54) is 16.7 Å². The lowest BCUT2D eigenvalue weighted by Gasteiger charge is -2.32. The van der Waals surface area contributed by atoms with Crippen LogP contribution in [0.1, 0.15) is 224 Å². The Morgan fingerprint density at radius 3 is 1.47 bits per heavy atom. The van der Waals surface area contributed by atoms with Crippen LogP contribution in [0.2, 0.25) is 0 Å². The van der Waals surface area contributed by atoms with Crippen LogP contribution in [0.3, 0.4) is 0 Å². The number of primary amides is 2. The molecule has 2 saturated heterocycles. The van der Waals surface area contributed by atoms with Crippen molar-refractivity contribution in [2.24, 2.45) is 70.1 Å². The van der Waals surface area contributed by atoms with Gasteiger partial charge in [-0.05, 0) is 157 Å². The highest BCUT2D eigenvalue weighted by atomic mass is 16.3. The van der Waals surface area contributed by atoms with Crippen LogP contribution in [-0.2, 0) is 102 Å². The summed E-state index contributed by atoms with van der Waals surface area (Å²) in [5.41, 5.74) is 29.9. The monoisotopic (exact) mass is 2030 g/mol. The molecule has 3 heterocycles. The Kier molecular flexibility index (Phi) is 51.2. The van der Waals surface area contributed by atoms with Crippen LogP contribution in [-0.4, -0.2) is 300 Å². The summed E-state index contributed by atoms with van der Waals surface area (Å²) in [6.45, 7) is 20.4. The molecule has 0 unspecified atom stereocenters. The van der Waals surface area contributed by atoms with Gasteiger partial charge in [-0.1, -0.05) is 108 Å². The third kappa shape index (κ3) is 41.2. The largest absolute Gasteiger partial charge is 0.394 e. The van der Waals surface area contributed by atoms with Gasteiger partial charge in [-0.25, -0.2) is 0 Å². The first kappa shape index (κ1) is 121. The van der Waals surface area contributed by atoms with E-state index in [1.54, 1.807) is 61.6 Å². The first-order chi connectivity index (χ1) is 67.9. The number of para-hydroxylation sites is 1. The topological polar surface area (TPSA) is 778 Å². The van der Waals surface area contributed by atoms with Crippen molar-refractivity contribution in [1.29, 1.82) is 10.8 Å². The second-order valence-electron chi connectivity index (χ2n) is 39.3. The van der Waals surface area contributed by atoms with Gasteiger partial charge in [-0.2, -0.15) is 0 Å². The van der Waals surface area contributed by atoms with Crippen molar-refractivity contribution >= 4 is 141 Å². The molecule has 3 aliphatic rings. The van der Waals surface area contributed by atoms with Crippen molar-refractivity contribution in [1.82, 2.24) is 110 Å². The van der Waals surface area contributed by atoms with Crippen LogP contribution in [0.15, 0.2) is 30.5 Å². The molecule has 1 saturated carbocycles. The van der Waals surface area contributed by atoms with Gasteiger partial charge in [0, 0.05) is 94.0 Å². The number of carbonyl (C=O) groups excluding carboxylic acids is 20. The molecule has 49 nitrogen and oxygen atoms in total. The van der Waals surface area contributed by atoms with Crippen molar-refractivity contribution in [2.75, 3.05) is 59.0 Å². The summed E-state index contributed by atoms with van der Waals surface area (Å²) in [5, 5.41) is 73.7. The maximum absolute atomic E-state index is 14.5. The molecule has 32 N–H and O–H groups in total. The third-order valence-corrected chi connectivity index (χ3v) is 25.2. The Morgan fingerprint density at radius 2 is 0.917 bits per heavy atom. The number of carbonyl (C=O) groups is 20. The fourth-order valence-corrected chi connectivity index (χ4v) is 17.1. The summed E-state index contributed by atoms with van der Waals surface area (Å²) in [6.07, 6.45) is 4.46. The minimum atomic E-state index is -1.71. The highest BCUT2D eigenvalue weighted by molar-refractivity contribution is 6.01. The molecule has 1 aromatic carbocycles. The quantitative estimate of drug-likeness (QED) is 0.0168. The Labute approximate surface area is 840 Å². The molecule has 144 heavy (non-hydrogen) atoms. The van der Waals surface area contributed by atoms with E-state index in [2.05, 4.69) is 101 Å². The number of fused-ring (bicyclic) bond motifs is 1. The first-order valence-electron chi connectivity index (χ1n) is 49.9. The Hall–Kier alpha value is -13.4. The van der Waals surface area contributed by atoms with Crippen molar-refractivity contribution in [3.63, 3.8) is 0 Å². The fraction of sp³-hybridized carbons (Fsp3) is 0.684. The molecule has 804 valence electrons. The molecule has 0 radical (unpaired) electrons. The normalized spacial score (nSPS) is 17.8. The molecule has 3 fully saturated rings. The predicted molar refractivity (Wildman–Crippen MR) is 532 cm³/mol. The number of nitrogens with two attached hydrogens (primary N) is 5. The van der Waals surface area contributed by atoms with E-state index in [0.717, 1.165) is 16.5 Å². The van der Waals surface area contributed by atoms with E-state index >= 15 is 0 Å². The zero-order valence-corrected chi connectivity index (χ0v) is 85.2. The van der Waals surface area contributed by atoms with Gasteiger partial charge < -0.3 is 144 Å². The van der Waals surface area contributed by atoms with Gasteiger partial charge in [-0.3, -0.25) is 107 Å². The average molecular weight is 2030 g/mol. The van der Waals surface area contributed by atoms with Gasteiger partial charge in [0.25, 0.3) is 0 Å². The van der Waals surface area contributed by atoms with Crippen molar-refractivity contribution < 1.29 is 101 Å². The molecular weight excluding hydrogens is 1870 g/mol. The Balaban J connectivity index is 1.11. The number of aliphatic hydroxyl groups excluding tert-OH is 1. The predicted octanol–water partition coefficient (Wildman–Crippen LogP) is -4.94. The number of likely N-dealkylation sites (tertiary alicyclic amines) is 2. The lowest BCUT2D eigenvalue weighted by Crippen LogP contribution is -2.61. The molecule has 15 atom stereocenters. The SMILES string of the molecule is CC[C@H](C)[C@H](NC(=O)CNC(=O)[C@H](CO)NC(=O)[C@@H](NC(=O)[C@H](CC(C)C)NC(=O)[C@H](CCC(N)=O)NC(=O)[C@H](CCCNC(=N)N)NC(=O)C1CCC(NC(=O)[C@@H](NC(=O)[C@@H]2CCCN2C(=O)[C@H](C)NC(=O)CNC(=O)[C@H](CC(C)C)NC(=O)[C@H](CC(C)C)NC(=O)[C@@H](N)CCCNC(=N)N)C(C)C)CC1)C(C)C)C(=O)NCCC(=O)NCCC(=O)N1CCC[C@H]1C(=O)N[C@@H](Cc1c[nH]c2ccccc12)C(N)=O. The van der Waals surface area contributed by atoms with E-state index in [0.29, 0.717) is 38.6 Å².